The van der Waals surface area contributed by atoms with Crippen LogP contribution in [0.15, 0.2) is 53.4 Å². The van der Waals surface area contributed by atoms with Crippen molar-refractivity contribution < 1.29 is 35.3 Å². The van der Waals surface area contributed by atoms with Crippen molar-refractivity contribution in [2.24, 2.45) is 0 Å². The highest BCUT2D eigenvalue weighted by Gasteiger charge is 2.36. The van der Waals surface area contributed by atoms with E-state index in [1.807, 2.05) is 11.0 Å². The third-order valence-corrected chi connectivity index (χ3v) is 12.1. The van der Waals surface area contributed by atoms with Crippen molar-refractivity contribution in [3.05, 3.63) is 71.0 Å². The smallest absolute Gasteiger partial charge is 0.410 e. The highest BCUT2D eigenvalue weighted by molar-refractivity contribution is 7.89. The fourth-order valence-electron chi connectivity index (χ4n) is 6.23. The Hall–Kier alpha value is -4.83. The second-order valence-corrected chi connectivity index (χ2v) is 17.1. The molecule has 18 heteroatoms. The second-order valence-electron chi connectivity index (χ2n) is 13.6. The van der Waals surface area contributed by atoms with Gasteiger partial charge in [-0.25, -0.2) is 23.2 Å². The summed E-state index contributed by atoms with van der Waals surface area (Å²) in [5.41, 5.74) is 1.43. The van der Waals surface area contributed by atoms with Gasteiger partial charge in [0.2, 0.25) is 16.0 Å². The molecule has 4 heterocycles. The topological polar surface area (TPSA) is 187 Å². The van der Waals surface area contributed by atoms with E-state index in [1.54, 1.807) is 58.0 Å². The highest BCUT2D eigenvalue weighted by Crippen LogP contribution is 2.34. The monoisotopic (exact) mass is 752 g/mol. The minimum absolute atomic E-state index is 0.0115. The van der Waals surface area contributed by atoms with Crippen LogP contribution in [-0.2, 0) is 31.5 Å². The zero-order valence-electron chi connectivity index (χ0n) is 29.4. The first-order valence-corrected chi connectivity index (χ1v) is 19.6. The number of nitriles is 1. The zero-order chi connectivity index (χ0) is 37.4. The lowest BCUT2D eigenvalue weighted by Gasteiger charge is -2.34. The number of aromatic nitrogens is 2. The van der Waals surface area contributed by atoms with Crippen molar-refractivity contribution in [2.45, 2.75) is 44.6 Å². The molecule has 2 aromatic carbocycles. The van der Waals surface area contributed by atoms with Crippen LogP contribution in [0.3, 0.4) is 0 Å². The Morgan fingerprint density at radius 1 is 0.846 bits per heavy atom. The molecule has 1 aromatic heterocycles. The molecule has 2 saturated heterocycles. The van der Waals surface area contributed by atoms with E-state index in [2.05, 4.69) is 9.97 Å². The summed E-state index contributed by atoms with van der Waals surface area (Å²) in [6, 6.07) is 14.3. The Morgan fingerprint density at radius 2 is 1.52 bits per heavy atom. The number of para-hydroxylation sites is 1. The summed E-state index contributed by atoms with van der Waals surface area (Å²) in [6.45, 7) is 8.58. The van der Waals surface area contributed by atoms with E-state index in [9.17, 15) is 31.7 Å². The largest absolute Gasteiger partial charge is 0.444 e. The molecule has 0 spiro atoms. The van der Waals surface area contributed by atoms with Crippen LogP contribution < -0.4 is 14.0 Å². The van der Waals surface area contributed by atoms with Crippen LogP contribution in [0.25, 0.3) is 0 Å². The predicted molar refractivity (Wildman–Crippen MR) is 190 cm³/mol. The molecule has 2 fully saturated rings. The molecule has 0 unspecified atom stereocenters. The van der Waals surface area contributed by atoms with Gasteiger partial charge in [-0.3, -0.25) is 4.79 Å². The molecule has 0 saturated carbocycles. The first-order valence-electron chi connectivity index (χ1n) is 16.8. The average Bonchev–Trinajstić information content (AvgIpc) is 3.54. The molecular formula is C34H40N8O8S2. The van der Waals surface area contributed by atoms with E-state index >= 15 is 0 Å². The Balaban J connectivity index is 1.11. The molecule has 0 bridgehead atoms. The van der Waals surface area contributed by atoms with E-state index in [4.69, 9.17) is 8.92 Å². The highest BCUT2D eigenvalue weighted by atomic mass is 32.2. The number of carbonyl (C=O) groups excluding carboxylic acids is 2. The van der Waals surface area contributed by atoms with E-state index in [0.717, 1.165) is 4.31 Å². The minimum Gasteiger partial charge on any atom is -0.444 e. The fourth-order valence-corrected chi connectivity index (χ4v) is 8.79. The number of hydrogen-bond acceptors (Lipinski definition) is 12. The lowest BCUT2D eigenvalue weighted by atomic mass is 10.1. The first-order chi connectivity index (χ1) is 24.6. The number of aryl methyl sites for hydroxylation is 1. The van der Waals surface area contributed by atoms with E-state index in [1.165, 1.54) is 32.3 Å². The standard InChI is InChI=1S/C34H40N8O8S2/c1-24-21-26(23-35)37-32(36-24)38-13-17-40(18-14-38)51(45,46)27-9-10-29-25(22-27)11-12-42(29)31(43)28-7-5-6-8-30(28)50-52(47,48)41-19-15-39(16-20-41)33(44)49-34(2,3)4/h5-10,21-22H,11-20H2,1-4H3. The number of amides is 2. The molecule has 0 atom stereocenters. The van der Waals surface area contributed by atoms with E-state index < -0.39 is 37.9 Å². The van der Waals surface area contributed by atoms with Crippen molar-refractivity contribution in [3.8, 4) is 11.8 Å². The van der Waals surface area contributed by atoms with Gasteiger partial charge in [-0.05, 0) is 76.1 Å². The van der Waals surface area contributed by atoms with Crippen molar-refractivity contribution in [3.63, 3.8) is 0 Å². The molecule has 3 aliphatic heterocycles. The maximum absolute atomic E-state index is 13.9. The fraction of sp³-hybridized carbons (Fsp3) is 0.441. The summed E-state index contributed by atoms with van der Waals surface area (Å²) in [7, 11) is -8.19. The molecule has 6 rings (SSSR count). The van der Waals surface area contributed by atoms with E-state index in [-0.39, 0.29) is 67.7 Å². The van der Waals surface area contributed by atoms with Crippen molar-refractivity contribution in [1.29, 1.82) is 5.26 Å². The van der Waals surface area contributed by atoms with Crippen molar-refractivity contribution >= 4 is 44.0 Å². The molecule has 52 heavy (non-hydrogen) atoms. The summed E-state index contributed by atoms with van der Waals surface area (Å²) in [5.74, 6) is -0.253. The number of rotatable bonds is 7. The number of benzene rings is 2. The number of nitrogens with zero attached hydrogens (tertiary/aromatic N) is 8. The molecular weight excluding hydrogens is 713 g/mol. The molecule has 276 valence electrons. The quantitative estimate of drug-likeness (QED) is 0.344. The SMILES string of the molecule is Cc1cc(C#N)nc(N2CCN(S(=O)(=O)c3ccc4c(c3)CCN4C(=O)c3ccccc3OS(=O)(=O)N3CCN(C(=O)OC(C)(C)C)CC3)CC2)n1. The maximum atomic E-state index is 13.9. The summed E-state index contributed by atoms with van der Waals surface area (Å²) >= 11 is 0. The van der Waals surface area contributed by atoms with Gasteiger partial charge in [-0.15, -0.1) is 0 Å². The number of ether oxygens (including phenoxy) is 1. The number of fused-ring (bicyclic) bond motifs is 1. The first kappa shape index (κ1) is 36.9. The van der Waals surface area contributed by atoms with Crippen LogP contribution in [0.5, 0.6) is 5.75 Å². The second kappa shape index (κ2) is 14.3. The van der Waals surface area contributed by atoms with Crippen LogP contribution in [0.2, 0.25) is 0 Å². The lowest BCUT2D eigenvalue weighted by molar-refractivity contribution is 0.0189. The Labute approximate surface area is 303 Å². The molecule has 0 aliphatic carbocycles. The third-order valence-electron chi connectivity index (χ3n) is 8.83. The van der Waals surface area contributed by atoms with E-state index in [0.29, 0.717) is 42.4 Å². The number of sulfonamides is 1. The molecule has 0 radical (unpaired) electrons. The van der Waals surface area contributed by atoms with Crippen LogP contribution in [0, 0.1) is 18.3 Å². The van der Waals surface area contributed by atoms with Crippen LogP contribution in [0.1, 0.15) is 48.1 Å². The molecule has 0 N–H and O–H groups in total. The van der Waals surface area contributed by atoms with Crippen LogP contribution >= 0.6 is 0 Å². The third kappa shape index (κ3) is 7.82. The van der Waals surface area contributed by atoms with Gasteiger partial charge in [0.05, 0.1) is 10.5 Å². The summed E-state index contributed by atoms with van der Waals surface area (Å²) in [4.78, 5) is 39.9. The Morgan fingerprint density at radius 3 is 2.19 bits per heavy atom. The zero-order valence-corrected chi connectivity index (χ0v) is 31.0. The number of carbonyl (C=O) groups is 2. The predicted octanol–water partition coefficient (Wildman–Crippen LogP) is 2.55. The van der Waals surface area contributed by atoms with Gasteiger partial charge in [0.25, 0.3) is 5.91 Å². The Bertz CT molecular complexity index is 2130. The Kier molecular flexibility index (Phi) is 10.2. The lowest BCUT2D eigenvalue weighted by Crippen LogP contribution is -2.52. The normalized spacial score (nSPS) is 17.4. The van der Waals surface area contributed by atoms with Crippen molar-refractivity contribution in [1.82, 2.24) is 23.5 Å². The van der Waals surface area contributed by atoms with Crippen molar-refractivity contribution in [2.75, 3.05) is 68.7 Å². The van der Waals surface area contributed by atoms with Gasteiger partial charge >= 0.3 is 16.4 Å². The number of anilines is 2. The molecule has 3 aromatic rings. The van der Waals surface area contributed by atoms with Gasteiger partial charge in [-0.1, -0.05) is 12.1 Å². The maximum Gasteiger partial charge on any atom is 0.410 e. The minimum atomic E-state index is -4.33. The van der Waals surface area contributed by atoms with Crippen LogP contribution in [-0.4, -0.2) is 117 Å². The van der Waals surface area contributed by atoms with Gasteiger partial charge in [-0.2, -0.15) is 22.3 Å². The molecule has 16 nitrogen and oxygen atoms in total. The summed E-state index contributed by atoms with van der Waals surface area (Å²) < 4.78 is 67.4. The number of piperazine rings is 2. The van der Waals surface area contributed by atoms with Gasteiger partial charge < -0.3 is 23.6 Å². The molecule has 3 aliphatic rings. The summed E-state index contributed by atoms with van der Waals surface area (Å²) in [6.07, 6.45) is -0.131. The van der Waals surface area contributed by atoms with Gasteiger partial charge in [0.1, 0.15) is 17.4 Å². The van der Waals surface area contributed by atoms with Gasteiger partial charge in [0.15, 0.2) is 5.75 Å². The average molecular weight is 753 g/mol. The van der Waals surface area contributed by atoms with Gasteiger partial charge in [0, 0.05) is 70.3 Å². The number of hydrogen-bond donors (Lipinski definition) is 0. The van der Waals surface area contributed by atoms with Crippen LogP contribution in [0.4, 0.5) is 16.4 Å². The molecule has 2 amide bonds. The summed E-state index contributed by atoms with van der Waals surface area (Å²) in [5, 5.41) is 9.26.